The maximum Gasteiger partial charge on any atom is 0.196 e. The van der Waals surface area contributed by atoms with Gasteiger partial charge >= 0.3 is 0 Å². The normalized spacial score (nSPS) is 12.0. The van der Waals surface area contributed by atoms with Crippen LogP contribution in [0.5, 0.6) is 0 Å². The number of oxime groups is 1. The smallest absolute Gasteiger partial charge is 0.196 e. The highest BCUT2D eigenvalue weighted by Crippen LogP contribution is 2.33. The standard InChI is InChI=1S/C24H18ClN7OS/c1-14-15(2)32(24-28-18-9-5-6-10-19(18)34-24)22-21(14)23-29-20(30-31(23)13-26-22)12-33-27-11-16-7-3-4-8-17(16)25/h3-11,13H,12H2,1-2H3/b27-11+. The van der Waals surface area contributed by atoms with Gasteiger partial charge in [-0.1, -0.05) is 58.4 Å². The molecule has 2 aromatic carbocycles. The Labute approximate surface area is 203 Å². The molecule has 0 saturated heterocycles. The lowest BCUT2D eigenvalue weighted by Crippen LogP contribution is -1.98. The number of thiazole rings is 1. The Bertz CT molecular complexity index is 1680. The third-order valence-corrected chi connectivity index (χ3v) is 7.08. The Morgan fingerprint density at radius 2 is 1.88 bits per heavy atom. The van der Waals surface area contributed by atoms with E-state index in [1.807, 2.05) is 36.4 Å². The Balaban J connectivity index is 1.36. The van der Waals surface area contributed by atoms with Crippen molar-refractivity contribution in [1.29, 1.82) is 0 Å². The number of hydrogen-bond donors (Lipinski definition) is 0. The van der Waals surface area contributed by atoms with Crippen LogP contribution in [0.1, 0.15) is 22.6 Å². The molecule has 0 spiro atoms. The molecule has 0 saturated carbocycles. The second kappa shape index (κ2) is 8.19. The molecule has 0 amide bonds. The van der Waals surface area contributed by atoms with Crippen molar-refractivity contribution in [2.24, 2.45) is 5.16 Å². The maximum absolute atomic E-state index is 6.14. The topological polar surface area (TPSA) is 82.5 Å². The molecule has 0 radical (unpaired) electrons. The summed E-state index contributed by atoms with van der Waals surface area (Å²) in [5.41, 5.74) is 5.43. The van der Waals surface area contributed by atoms with Gasteiger partial charge in [-0.05, 0) is 37.6 Å². The molecular formula is C24H18ClN7OS. The lowest BCUT2D eigenvalue weighted by atomic mass is 10.2. The van der Waals surface area contributed by atoms with Crippen molar-refractivity contribution in [1.82, 2.24) is 29.1 Å². The van der Waals surface area contributed by atoms with Gasteiger partial charge in [0.25, 0.3) is 0 Å². The molecule has 4 heterocycles. The number of fused-ring (bicyclic) bond motifs is 4. The number of nitrogens with zero attached hydrogens (tertiary/aromatic N) is 7. The van der Waals surface area contributed by atoms with Crippen molar-refractivity contribution in [2.75, 3.05) is 0 Å². The molecule has 0 N–H and O–H groups in total. The fourth-order valence-corrected chi connectivity index (χ4v) is 5.13. The van der Waals surface area contributed by atoms with E-state index in [1.54, 1.807) is 34.5 Å². The molecule has 0 bridgehead atoms. The van der Waals surface area contributed by atoms with Crippen LogP contribution in [0.3, 0.4) is 0 Å². The summed E-state index contributed by atoms with van der Waals surface area (Å²) in [5.74, 6) is 0.510. The van der Waals surface area contributed by atoms with Crippen molar-refractivity contribution in [2.45, 2.75) is 20.5 Å². The van der Waals surface area contributed by atoms with Crippen LogP contribution in [0.2, 0.25) is 5.02 Å². The highest BCUT2D eigenvalue weighted by atomic mass is 35.5. The van der Waals surface area contributed by atoms with Gasteiger partial charge in [0.1, 0.15) is 6.33 Å². The molecule has 0 atom stereocenters. The Hall–Kier alpha value is -3.82. The van der Waals surface area contributed by atoms with Crippen molar-refractivity contribution >= 4 is 56.0 Å². The minimum Gasteiger partial charge on any atom is -0.387 e. The monoisotopic (exact) mass is 487 g/mol. The van der Waals surface area contributed by atoms with Crippen LogP contribution < -0.4 is 0 Å². The average molecular weight is 488 g/mol. The minimum absolute atomic E-state index is 0.126. The fraction of sp³-hybridized carbons (Fsp3) is 0.125. The third-order valence-electron chi connectivity index (χ3n) is 5.72. The fourth-order valence-electron chi connectivity index (χ4n) is 3.92. The van der Waals surface area contributed by atoms with Gasteiger partial charge in [-0.25, -0.2) is 19.5 Å². The molecule has 0 aliphatic carbocycles. The van der Waals surface area contributed by atoms with E-state index in [-0.39, 0.29) is 6.61 Å². The van der Waals surface area contributed by atoms with E-state index in [0.29, 0.717) is 10.8 Å². The second-order valence-corrected chi connectivity index (χ2v) is 9.20. The molecule has 4 aromatic heterocycles. The number of hydrogen-bond acceptors (Lipinski definition) is 7. The molecule has 0 unspecified atom stereocenters. The molecular weight excluding hydrogens is 470 g/mol. The molecule has 10 heteroatoms. The van der Waals surface area contributed by atoms with Crippen molar-refractivity contribution < 1.29 is 4.84 Å². The van der Waals surface area contributed by atoms with E-state index < -0.39 is 0 Å². The first kappa shape index (κ1) is 20.8. The van der Waals surface area contributed by atoms with Gasteiger partial charge in [0.05, 0.1) is 21.8 Å². The largest absolute Gasteiger partial charge is 0.387 e. The molecule has 6 aromatic rings. The van der Waals surface area contributed by atoms with E-state index in [1.165, 1.54) is 0 Å². The van der Waals surface area contributed by atoms with Crippen molar-refractivity contribution in [3.8, 4) is 5.13 Å². The first-order valence-electron chi connectivity index (χ1n) is 10.6. The van der Waals surface area contributed by atoms with E-state index in [0.717, 1.165) is 48.8 Å². The van der Waals surface area contributed by atoms with Crippen LogP contribution in [0.15, 0.2) is 60.0 Å². The van der Waals surface area contributed by atoms with Gasteiger partial charge in [-0.2, -0.15) is 0 Å². The zero-order valence-corrected chi connectivity index (χ0v) is 19.9. The first-order chi connectivity index (χ1) is 16.6. The van der Waals surface area contributed by atoms with Crippen molar-refractivity contribution in [3.63, 3.8) is 0 Å². The van der Waals surface area contributed by atoms with Gasteiger partial charge < -0.3 is 4.84 Å². The maximum atomic E-state index is 6.14. The van der Waals surface area contributed by atoms with Crippen LogP contribution >= 0.6 is 22.9 Å². The summed E-state index contributed by atoms with van der Waals surface area (Å²) >= 11 is 7.78. The summed E-state index contributed by atoms with van der Waals surface area (Å²) in [5, 5.41) is 10.9. The molecule has 8 nitrogen and oxygen atoms in total. The summed E-state index contributed by atoms with van der Waals surface area (Å²) < 4.78 is 4.90. The highest BCUT2D eigenvalue weighted by molar-refractivity contribution is 7.20. The zero-order valence-electron chi connectivity index (χ0n) is 18.3. The molecule has 0 aliphatic heterocycles. The molecule has 34 heavy (non-hydrogen) atoms. The van der Waals surface area contributed by atoms with Crippen LogP contribution in [0.25, 0.3) is 32.0 Å². The predicted octanol–water partition coefficient (Wildman–Crippen LogP) is 5.50. The third kappa shape index (κ3) is 3.41. The van der Waals surface area contributed by atoms with Crippen LogP contribution in [0.4, 0.5) is 0 Å². The summed E-state index contributed by atoms with van der Waals surface area (Å²) in [6, 6.07) is 15.5. The number of rotatable bonds is 5. The zero-order chi connectivity index (χ0) is 23.2. The second-order valence-electron chi connectivity index (χ2n) is 7.78. The van der Waals surface area contributed by atoms with Crippen LogP contribution in [-0.2, 0) is 11.4 Å². The van der Waals surface area contributed by atoms with E-state index in [2.05, 4.69) is 34.7 Å². The van der Waals surface area contributed by atoms with E-state index in [9.17, 15) is 0 Å². The van der Waals surface area contributed by atoms with Crippen LogP contribution in [-0.4, -0.2) is 35.3 Å². The lowest BCUT2D eigenvalue weighted by Gasteiger charge is -2.02. The molecule has 0 fully saturated rings. The predicted molar refractivity (Wildman–Crippen MR) is 134 cm³/mol. The summed E-state index contributed by atoms with van der Waals surface area (Å²) in [7, 11) is 0. The summed E-state index contributed by atoms with van der Waals surface area (Å²) in [6.45, 7) is 4.27. The van der Waals surface area contributed by atoms with Crippen LogP contribution in [0, 0.1) is 13.8 Å². The highest BCUT2D eigenvalue weighted by Gasteiger charge is 2.20. The first-order valence-corrected chi connectivity index (χ1v) is 11.8. The SMILES string of the molecule is Cc1c(C)n(-c2nc3ccccc3s2)c2ncn3nc(CO/N=C/c4ccccc4Cl)nc3c12. The number of benzene rings is 2. The van der Waals surface area contributed by atoms with Crippen molar-refractivity contribution in [3.05, 3.63) is 82.5 Å². The van der Waals surface area contributed by atoms with E-state index >= 15 is 0 Å². The quantitative estimate of drug-likeness (QED) is 0.237. The minimum atomic E-state index is 0.126. The molecule has 0 aliphatic rings. The lowest BCUT2D eigenvalue weighted by molar-refractivity contribution is 0.126. The average Bonchev–Trinajstić information content (AvgIpc) is 3.52. The van der Waals surface area contributed by atoms with Gasteiger partial charge in [-0.3, -0.25) is 4.57 Å². The summed E-state index contributed by atoms with van der Waals surface area (Å²) in [6.07, 6.45) is 3.24. The molecule has 6 rings (SSSR count). The van der Waals surface area contributed by atoms with Gasteiger partial charge in [0, 0.05) is 16.3 Å². The Morgan fingerprint density at radius 3 is 2.74 bits per heavy atom. The van der Waals surface area contributed by atoms with E-state index in [4.69, 9.17) is 31.4 Å². The van der Waals surface area contributed by atoms with Gasteiger partial charge in [0.2, 0.25) is 0 Å². The summed E-state index contributed by atoms with van der Waals surface area (Å²) in [4.78, 5) is 19.7. The number of para-hydroxylation sites is 1. The van der Waals surface area contributed by atoms with Gasteiger partial charge in [0.15, 0.2) is 28.9 Å². The number of halogens is 1. The Kier molecular flexibility index (Phi) is 5.00. The molecule has 168 valence electrons. The Morgan fingerprint density at radius 1 is 1.06 bits per heavy atom. The number of aromatic nitrogens is 6. The van der Waals surface area contributed by atoms with Gasteiger partial charge in [-0.15, -0.1) is 5.10 Å². The number of aryl methyl sites for hydroxylation is 1.